The summed E-state index contributed by atoms with van der Waals surface area (Å²) < 4.78 is 13.1. The highest BCUT2D eigenvalue weighted by molar-refractivity contribution is 5.85. The summed E-state index contributed by atoms with van der Waals surface area (Å²) in [6.45, 7) is 10.4. The molecule has 0 spiro atoms. The lowest BCUT2D eigenvalue weighted by Gasteiger charge is -2.33. The highest BCUT2D eigenvalue weighted by Crippen LogP contribution is 2.32. The summed E-state index contributed by atoms with van der Waals surface area (Å²) >= 11 is 0. The first-order valence-corrected chi connectivity index (χ1v) is 7.66. The summed E-state index contributed by atoms with van der Waals surface area (Å²) in [5.41, 5.74) is 0.931. The summed E-state index contributed by atoms with van der Waals surface area (Å²) in [7, 11) is 0. The van der Waals surface area contributed by atoms with Crippen molar-refractivity contribution >= 4 is 5.91 Å². The minimum Gasteiger partial charge on any atom is -0.319 e. The van der Waals surface area contributed by atoms with Gasteiger partial charge in [-0.1, -0.05) is 39.8 Å². The molecule has 1 aliphatic rings. The van der Waals surface area contributed by atoms with Crippen molar-refractivity contribution in [1.82, 2.24) is 10.2 Å². The molecular formula is C17H25FN2O. The van der Waals surface area contributed by atoms with Crippen molar-refractivity contribution in [3.63, 3.8) is 0 Å². The maximum absolute atomic E-state index is 13.1. The normalized spacial score (nSPS) is 24.2. The van der Waals surface area contributed by atoms with Gasteiger partial charge < -0.3 is 4.90 Å². The van der Waals surface area contributed by atoms with Crippen molar-refractivity contribution < 1.29 is 9.18 Å². The molecule has 1 amide bonds. The Morgan fingerprint density at radius 3 is 2.14 bits per heavy atom. The SMILES string of the molecule is CC(C)C1NC(c2ccc(F)cc2)N(C(C)C(C)C)C1=O. The molecule has 0 aliphatic carbocycles. The van der Waals surface area contributed by atoms with Crippen molar-refractivity contribution in [2.45, 2.75) is 52.9 Å². The van der Waals surface area contributed by atoms with E-state index in [4.69, 9.17) is 0 Å². The highest BCUT2D eigenvalue weighted by Gasteiger charge is 2.43. The number of rotatable bonds is 4. The minimum atomic E-state index is -0.257. The van der Waals surface area contributed by atoms with Gasteiger partial charge in [0.2, 0.25) is 5.91 Å². The fraction of sp³-hybridized carbons (Fsp3) is 0.588. The van der Waals surface area contributed by atoms with E-state index < -0.39 is 0 Å². The van der Waals surface area contributed by atoms with Crippen LogP contribution in [0, 0.1) is 17.7 Å². The fourth-order valence-corrected chi connectivity index (χ4v) is 2.75. The van der Waals surface area contributed by atoms with E-state index >= 15 is 0 Å². The van der Waals surface area contributed by atoms with E-state index in [0.29, 0.717) is 5.92 Å². The highest BCUT2D eigenvalue weighted by atomic mass is 19.1. The largest absolute Gasteiger partial charge is 0.319 e. The number of benzene rings is 1. The molecule has 1 saturated heterocycles. The Morgan fingerprint density at radius 2 is 1.67 bits per heavy atom. The number of hydrogen-bond donors (Lipinski definition) is 1. The van der Waals surface area contributed by atoms with Gasteiger partial charge in [0, 0.05) is 6.04 Å². The van der Waals surface area contributed by atoms with Crippen molar-refractivity contribution in [2.75, 3.05) is 0 Å². The first-order chi connectivity index (χ1) is 9.82. The third-order valence-electron chi connectivity index (χ3n) is 4.39. The van der Waals surface area contributed by atoms with E-state index in [9.17, 15) is 9.18 Å². The van der Waals surface area contributed by atoms with Gasteiger partial charge in [0.05, 0.1) is 6.04 Å². The average molecular weight is 292 g/mol. The molecule has 3 unspecified atom stereocenters. The number of carbonyl (C=O) groups is 1. The van der Waals surface area contributed by atoms with Crippen LogP contribution < -0.4 is 5.32 Å². The summed E-state index contributed by atoms with van der Waals surface area (Å²) in [4.78, 5) is 14.7. The molecule has 1 heterocycles. The van der Waals surface area contributed by atoms with E-state index in [1.807, 2.05) is 18.7 Å². The molecule has 0 bridgehead atoms. The Balaban J connectivity index is 2.36. The van der Waals surface area contributed by atoms with Gasteiger partial charge in [0.15, 0.2) is 0 Å². The van der Waals surface area contributed by atoms with Crippen LogP contribution in [0.3, 0.4) is 0 Å². The molecule has 0 saturated carbocycles. The number of amides is 1. The quantitative estimate of drug-likeness (QED) is 0.923. The summed E-state index contributed by atoms with van der Waals surface area (Å²) in [6.07, 6.45) is -0.178. The van der Waals surface area contributed by atoms with Crippen LogP contribution in [0.15, 0.2) is 24.3 Å². The molecule has 1 fully saturated rings. The van der Waals surface area contributed by atoms with Gasteiger partial charge >= 0.3 is 0 Å². The zero-order valence-electron chi connectivity index (χ0n) is 13.4. The predicted molar refractivity (Wildman–Crippen MR) is 82.0 cm³/mol. The third kappa shape index (κ3) is 3.10. The molecule has 3 atom stereocenters. The number of hydrogen-bond acceptors (Lipinski definition) is 2. The smallest absolute Gasteiger partial charge is 0.241 e. The van der Waals surface area contributed by atoms with E-state index in [-0.39, 0.29) is 35.9 Å². The molecule has 4 heteroatoms. The van der Waals surface area contributed by atoms with Gasteiger partial charge in [0.1, 0.15) is 12.0 Å². The van der Waals surface area contributed by atoms with Crippen molar-refractivity contribution in [3.8, 4) is 0 Å². The molecular weight excluding hydrogens is 267 g/mol. The van der Waals surface area contributed by atoms with Gasteiger partial charge in [-0.2, -0.15) is 0 Å². The molecule has 3 nitrogen and oxygen atoms in total. The van der Waals surface area contributed by atoms with Gasteiger partial charge in [-0.05, 0) is 36.5 Å². The Hall–Kier alpha value is -1.42. The first-order valence-electron chi connectivity index (χ1n) is 7.66. The Kier molecular flexibility index (Phi) is 4.67. The predicted octanol–water partition coefficient (Wildman–Crippen LogP) is 3.33. The fourth-order valence-electron chi connectivity index (χ4n) is 2.75. The minimum absolute atomic E-state index is 0.129. The average Bonchev–Trinajstić information content (AvgIpc) is 2.76. The Morgan fingerprint density at radius 1 is 1.10 bits per heavy atom. The maximum Gasteiger partial charge on any atom is 0.241 e. The van der Waals surface area contributed by atoms with Gasteiger partial charge in [-0.15, -0.1) is 0 Å². The Bertz CT molecular complexity index is 498. The second kappa shape index (κ2) is 6.14. The number of carbonyl (C=O) groups excluding carboxylic acids is 1. The molecule has 1 aromatic carbocycles. The van der Waals surface area contributed by atoms with Gasteiger partial charge in [-0.25, -0.2) is 4.39 Å². The van der Waals surface area contributed by atoms with Crippen LogP contribution in [0.2, 0.25) is 0 Å². The molecule has 0 radical (unpaired) electrons. The topological polar surface area (TPSA) is 32.3 Å². The second-order valence-corrected chi connectivity index (χ2v) is 6.57. The van der Waals surface area contributed by atoms with E-state index in [1.165, 1.54) is 12.1 Å². The van der Waals surface area contributed by atoms with Crippen LogP contribution in [0.1, 0.15) is 46.3 Å². The second-order valence-electron chi connectivity index (χ2n) is 6.57. The standard InChI is InChI=1S/C17H25FN2O/c1-10(2)12(5)20-16(13-6-8-14(18)9-7-13)19-15(11(3)4)17(20)21/h6-12,15-16,19H,1-5H3. The van der Waals surface area contributed by atoms with Crippen LogP contribution in [0.5, 0.6) is 0 Å². The summed E-state index contributed by atoms with van der Waals surface area (Å²) in [5.74, 6) is 0.474. The molecule has 21 heavy (non-hydrogen) atoms. The van der Waals surface area contributed by atoms with Crippen LogP contribution in [0.4, 0.5) is 4.39 Å². The van der Waals surface area contributed by atoms with E-state index in [1.54, 1.807) is 12.1 Å². The van der Waals surface area contributed by atoms with Crippen molar-refractivity contribution in [2.24, 2.45) is 11.8 Å². The molecule has 116 valence electrons. The zero-order chi connectivity index (χ0) is 15.7. The molecule has 1 aromatic rings. The molecule has 1 aliphatic heterocycles. The van der Waals surface area contributed by atoms with E-state index in [0.717, 1.165) is 5.56 Å². The monoisotopic (exact) mass is 292 g/mol. The molecule has 0 aromatic heterocycles. The van der Waals surface area contributed by atoms with Crippen molar-refractivity contribution in [1.29, 1.82) is 0 Å². The van der Waals surface area contributed by atoms with Crippen LogP contribution in [0.25, 0.3) is 0 Å². The lowest BCUT2D eigenvalue weighted by atomic mass is 10.0. The Labute approximate surface area is 126 Å². The maximum atomic E-state index is 13.1. The lowest BCUT2D eigenvalue weighted by Crippen LogP contribution is -2.41. The number of halogens is 1. The third-order valence-corrected chi connectivity index (χ3v) is 4.39. The van der Waals surface area contributed by atoms with Crippen LogP contribution in [-0.2, 0) is 4.79 Å². The van der Waals surface area contributed by atoms with Crippen LogP contribution >= 0.6 is 0 Å². The molecule has 1 N–H and O–H groups in total. The van der Waals surface area contributed by atoms with Gasteiger partial charge in [-0.3, -0.25) is 10.1 Å². The number of nitrogens with one attached hydrogen (secondary N) is 1. The summed E-state index contributed by atoms with van der Waals surface area (Å²) in [6, 6.07) is 6.35. The van der Waals surface area contributed by atoms with Gasteiger partial charge in [0.25, 0.3) is 0 Å². The zero-order valence-corrected chi connectivity index (χ0v) is 13.4. The molecule has 2 rings (SSSR count). The first kappa shape index (κ1) is 16.0. The summed E-state index contributed by atoms with van der Waals surface area (Å²) in [5, 5.41) is 3.42. The van der Waals surface area contributed by atoms with Crippen molar-refractivity contribution in [3.05, 3.63) is 35.6 Å². The lowest BCUT2D eigenvalue weighted by molar-refractivity contribution is -0.133. The van der Waals surface area contributed by atoms with Crippen LogP contribution in [-0.4, -0.2) is 22.9 Å². The number of nitrogens with zero attached hydrogens (tertiary/aromatic N) is 1. The van der Waals surface area contributed by atoms with E-state index in [2.05, 4.69) is 26.1 Å².